The van der Waals surface area contributed by atoms with Gasteiger partial charge in [-0.25, -0.2) is 0 Å². The molecule has 7 atom stereocenters. The van der Waals surface area contributed by atoms with Crippen molar-refractivity contribution in [2.75, 3.05) is 14.2 Å². The van der Waals surface area contributed by atoms with E-state index in [4.69, 9.17) is 9.47 Å². The van der Waals surface area contributed by atoms with Crippen LogP contribution in [0.5, 0.6) is 0 Å². The van der Waals surface area contributed by atoms with E-state index in [1.54, 1.807) is 37.5 Å². The summed E-state index contributed by atoms with van der Waals surface area (Å²) >= 11 is 1.65. The summed E-state index contributed by atoms with van der Waals surface area (Å²) in [6.45, 7) is 4.86. The number of ether oxygens (including phenoxy) is 2. The van der Waals surface area contributed by atoms with Crippen molar-refractivity contribution in [3.63, 3.8) is 0 Å². The number of fused-ring (bicyclic) bond motifs is 5. The molecule has 0 aliphatic heterocycles. The Kier molecular flexibility index (Phi) is 4.62. The Balaban J connectivity index is 1.76. The zero-order valence-corrected chi connectivity index (χ0v) is 18.9. The molecule has 4 rings (SSSR count). The minimum absolute atomic E-state index is 0.0768. The first-order valence-corrected chi connectivity index (χ1v) is 11.3. The van der Waals surface area contributed by atoms with Crippen LogP contribution >= 0.6 is 0 Å². The zero-order chi connectivity index (χ0) is 18.0. The van der Waals surface area contributed by atoms with Crippen molar-refractivity contribution in [3.05, 3.63) is 11.3 Å². The van der Waals surface area contributed by atoms with Gasteiger partial charge in [-0.1, -0.05) is 0 Å². The van der Waals surface area contributed by atoms with Gasteiger partial charge in [-0.05, 0) is 0 Å². The van der Waals surface area contributed by atoms with Gasteiger partial charge in [0.1, 0.15) is 0 Å². The third-order valence-electron chi connectivity index (χ3n) is 8.34. The normalized spacial score (nSPS) is 49.5. The van der Waals surface area contributed by atoms with Gasteiger partial charge in [0.15, 0.2) is 0 Å². The summed E-state index contributed by atoms with van der Waals surface area (Å²) < 4.78 is 13.3. The topological polar surface area (TPSA) is 38.7 Å². The Morgan fingerprint density at radius 2 is 1.84 bits per heavy atom. The Labute approximate surface area is 162 Å². The van der Waals surface area contributed by atoms with Gasteiger partial charge in [0.05, 0.1) is 0 Å². The molecule has 0 aromatic carbocycles. The first kappa shape index (κ1) is 18.4. The number of aliphatic hydroxyl groups excluding tert-OH is 1. The summed E-state index contributed by atoms with van der Waals surface area (Å²) in [5.74, 6) is 2.89. The number of allylic oxidation sites excluding steroid dienone is 1. The molecule has 0 saturated heterocycles. The Morgan fingerprint density at radius 3 is 2.52 bits per heavy atom. The second-order valence-electron chi connectivity index (χ2n) is 9.21. The third-order valence-corrected chi connectivity index (χ3v) is 10.7. The van der Waals surface area contributed by atoms with E-state index in [-0.39, 0.29) is 17.6 Å². The molecule has 0 spiro atoms. The van der Waals surface area contributed by atoms with E-state index in [1.807, 2.05) is 0 Å². The molecule has 3 fully saturated rings. The number of methoxy groups -OCH3 is 2. The Bertz CT molecular complexity index is 614. The predicted molar refractivity (Wildman–Crippen MR) is 94.8 cm³/mol. The summed E-state index contributed by atoms with van der Waals surface area (Å²) in [4.78, 5) is 0. The van der Waals surface area contributed by atoms with Crippen LogP contribution in [-0.2, 0) is 28.8 Å². The Hall–Kier alpha value is 0.0183. The van der Waals surface area contributed by atoms with Crippen LogP contribution in [0.1, 0.15) is 58.8 Å². The molecular formula is C21H32O3W. The van der Waals surface area contributed by atoms with Gasteiger partial charge in [0, 0.05) is 0 Å². The summed E-state index contributed by atoms with van der Waals surface area (Å²) in [5, 5.41) is 11.3. The molecular weight excluding hydrogens is 484 g/mol. The molecule has 0 bridgehead atoms. The second-order valence-corrected chi connectivity index (χ2v) is 11.0. The van der Waals surface area contributed by atoms with E-state index in [0.29, 0.717) is 17.3 Å². The van der Waals surface area contributed by atoms with Crippen LogP contribution in [0.25, 0.3) is 0 Å². The summed E-state index contributed by atoms with van der Waals surface area (Å²) in [5.41, 5.74) is 1.82. The van der Waals surface area contributed by atoms with Crippen molar-refractivity contribution in [2.24, 2.45) is 28.6 Å². The van der Waals surface area contributed by atoms with Crippen LogP contribution in [0, 0.1) is 28.6 Å². The zero-order valence-electron chi connectivity index (χ0n) is 16.0. The minimum atomic E-state index is -0.184. The van der Waals surface area contributed by atoms with Crippen LogP contribution in [0.15, 0.2) is 11.3 Å². The maximum atomic E-state index is 11.3. The fraction of sp³-hybridized carbons (Fsp3) is 0.857. The molecule has 4 aliphatic rings. The van der Waals surface area contributed by atoms with Crippen molar-refractivity contribution in [1.82, 2.24) is 0 Å². The van der Waals surface area contributed by atoms with Crippen LogP contribution in [0.2, 0.25) is 0 Å². The number of aliphatic hydroxyl groups is 1. The molecule has 3 saturated carbocycles. The number of hydrogen-bond donors (Lipinski definition) is 1. The van der Waals surface area contributed by atoms with E-state index >= 15 is 0 Å². The van der Waals surface area contributed by atoms with Crippen LogP contribution in [-0.4, -0.2) is 35.4 Å². The van der Waals surface area contributed by atoms with E-state index in [9.17, 15) is 5.11 Å². The standard InChI is InChI=1S/C21H32O3.W/c1-20-10-5-6-14(20)13-7-8-15-19(24-4)17(23-3)9-11-21(15,2)18(13)16(22)12-20;/h13-14,16-18,22H,5-9,11-12H2,1-4H3;. The van der Waals surface area contributed by atoms with Crippen LogP contribution in [0.3, 0.4) is 0 Å². The van der Waals surface area contributed by atoms with E-state index in [2.05, 4.69) is 13.8 Å². The molecule has 140 valence electrons. The molecule has 0 aromatic heterocycles. The van der Waals surface area contributed by atoms with Crippen molar-refractivity contribution >= 4 is 3.90 Å². The molecule has 0 radical (unpaired) electrons. The quantitative estimate of drug-likeness (QED) is 0.610. The van der Waals surface area contributed by atoms with E-state index in [1.165, 1.54) is 24.8 Å². The predicted octanol–water partition coefficient (Wildman–Crippen LogP) is 3.63. The molecule has 0 amide bonds. The molecule has 7 unspecified atom stereocenters. The second kappa shape index (κ2) is 6.28. The molecule has 3 nitrogen and oxygen atoms in total. The third kappa shape index (κ3) is 2.44. The monoisotopic (exact) mass is 516 g/mol. The van der Waals surface area contributed by atoms with Gasteiger partial charge in [0.2, 0.25) is 0 Å². The summed E-state index contributed by atoms with van der Waals surface area (Å²) in [6, 6.07) is 0. The van der Waals surface area contributed by atoms with Gasteiger partial charge in [-0.15, -0.1) is 0 Å². The van der Waals surface area contributed by atoms with E-state index < -0.39 is 0 Å². The number of hydrogen-bond acceptors (Lipinski definition) is 3. The maximum absolute atomic E-state index is 11.3. The van der Waals surface area contributed by atoms with Gasteiger partial charge < -0.3 is 0 Å². The van der Waals surface area contributed by atoms with Crippen molar-refractivity contribution in [2.45, 2.75) is 71.0 Å². The molecule has 4 heteroatoms. The van der Waals surface area contributed by atoms with Gasteiger partial charge in [-0.2, -0.15) is 0 Å². The van der Waals surface area contributed by atoms with Gasteiger partial charge in [0.25, 0.3) is 0 Å². The summed E-state index contributed by atoms with van der Waals surface area (Å²) in [6.07, 6.45) is 7.96. The van der Waals surface area contributed by atoms with Gasteiger partial charge in [-0.3, -0.25) is 0 Å². The average molecular weight is 516 g/mol. The van der Waals surface area contributed by atoms with Gasteiger partial charge >= 0.3 is 163 Å². The SMILES string of the molecule is COC1=C2CCC3C4CC[C](=[W])C4(C)CC(O)C3C2(C)CCC1OC. The molecule has 0 aromatic rings. The summed E-state index contributed by atoms with van der Waals surface area (Å²) in [7, 11) is 3.58. The van der Waals surface area contributed by atoms with Crippen molar-refractivity contribution < 1.29 is 33.9 Å². The van der Waals surface area contributed by atoms with Crippen molar-refractivity contribution in [3.8, 4) is 0 Å². The average Bonchev–Trinajstić information content (AvgIpc) is 2.87. The Morgan fingerprint density at radius 1 is 1.08 bits per heavy atom. The van der Waals surface area contributed by atoms with E-state index in [0.717, 1.165) is 37.4 Å². The molecule has 0 heterocycles. The first-order chi connectivity index (χ1) is 11.9. The fourth-order valence-electron chi connectivity index (χ4n) is 7.18. The first-order valence-electron chi connectivity index (χ1n) is 9.88. The van der Waals surface area contributed by atoms with Crippen molar-refractivity contribution in [1.29, 1.82) is 0 Å². The van der Waals surface area contributed by atoms with Crippen LogP contribution in [0.4, 0.5) is 0 Å². The molecule has 1 N–H and O–H groups in total. The fourth-order valence-corrected chi connectivity index (χ4v) is 8.45. The molecule has 25 heavy (non-hydrogen) atoms. The van der Waals surface area contributed by atoms with Crippen LogP contribution < -0.4 is 0 Å². The molecule has 4 aliphatic carbocycles. The number of rotatable bonds is 2.